The largest absolute Gasteiger partial charge is 0.474 e. The third kappa shape index (κ3) is 1.58. The van der Waals surface area contributed by atoms with E-state index in [-0.39, 0.29) is 5.41 Å². The van der Waals surface area contributed by atoms with Crippen LogP contribution in [0.4, 0.5) is 0 Å². The summed E-state index contributed by atoms with van der Waals surface area (Å²) in [6.45, 7) is 7.16. The van der Waals surface area contributed by atoms with Crippen LogP contribution in [0.5, 0.6) is 5.88 Å². The molecule has 2 bridgehead atoms. The van der Waals surface area contributed by atoms with Gasteiger partial charge in [0.25, 0.3) is 0 Å². The zero-order valence-electron chi connectivity index (χ0n) is 11.2. The molecule has 0 spiro atoms. The van der Waals surface area contributed by atoms with Crippen LogP contribution in [0.15, 0.2) is 18.3 Å². The number of hydrogen-bond acceptors (Lipinski definition) is 2. The molecule has 3 rings (SSSR count). The van der Waals surface area contributed by atoms with Gasteiger partial charge in [-0.3, -0.25) is 0 Å². The number of nitrogens with zero attached hydrogens (tertiary/aromatic N) is 1. The molecule has 2 fully saturated rings. The van der Waals surface area contributed by atoms with Crippen molar-refractivity contribution < 1.29 is 4.74 Å². The summed E-state index contributed by atoms with van der Waals surface area (Å²) in [4.78, 5) is 4.25. The summed E-state index contributed by atoms with van der Waals surface area (Å²) < 4.78 is 6.13. The van der Waals surface area contributed by atoms with E-state index in [1.165, 1.54) is 12.8 Å². The fraction of sp³-hybridized carbons (Fsp3) is 0.667. The van der Waals surface area contributed by atoms with Gasteiger partial charge >= 0.3 is 0 Å². The van der Waals surface area contributed by atoms with Gasteiger partial charge in [-0.05, 0) is 36.7 Å². The number of pyridine rings is 1. The van der Waals surface area contributed by atoms with Gasteiger partial charge in [0.15, 0.2) is 0 Å². The van der Waals surface area contributed by atoms with Crippen LogP contribution in [-0.2, 0) is 0 Å². The minimum Gasteiger partial charge on any atom is -0.474 e. The minimum atomic E-state index is 0.277. The van der Waals surface area contributed by atoms with Crippen molar-refractivity contribution in [1.82, 2.24) is 4.98 Å². The predicted octanol–water partition coefficient (Wildman–Crippen LogP) is 4.33. The summed E-state index contributed by atoms with van der Waals surface area (Å²) in [5.41, 5.74) is 0.656. The predicted molar refractivity (Wildman–Crippen MR) is 72.9 cm³/mol. The molecule has 2 nitrogen and oxygen atoms in total. The van der Waals surface area contributed by atoms with Gasteiger partial charge in [0.05, 0.1) is 5.02 Å². The van der Waals surface area contributed by atoms with Crippen molar-refractivity contribution >= 4 is 11.6 Å². The average Bonchev–Trinajstić information content (AvgIpc) is 2.65. The van der Waals surface area contributed by atoms with Gasteiger partial charge in [0, 0.05) is 17.7 Å². The van der Waals surface area contributed by atoms with Crippen molar-refractivity contribution in [3.63, 3.8) is 0 Å². The van der Waals surface area contributed by atoms with E-state index in [1.807, 2.05) is 12.1 Å². The maximum Gasteiger partial charge on any atom is 0.213 e. The van der Waals surface area contributed by atoms with Crippen LogP contribution < -0.4 is 4.74 Å². The molecule has 3 unspecified atom stereocenters. The maximum absolute atomic E-state index is 6.13. The van der Waals surface area contributed by atoms with Crippen LogP contribution in [0.3, 0.4) is 0 Å². The second-order valence-electron chi connectivity index (χ2n) is 6.53. The lowest BCUT2D eigenvalue weighted by Crippen LogP contribution is -2.39. The zero-order valence-corrected chi connectivity index (χ0v) is 12.0. The van der Waals surface area contributed by atoms with E-state index >= 15 is 0 Å². The van der Waals surface area contributed by atoms with E-state index in [0.29, 0.717) is 22.4 Å². The molecule has 1 aromatic heterocycles. The normalized spacial score (nSPS) is 36.9. The molecule has 0 N–H and O–H groups in total. The summed E-state index contributed by atoms with van der Waals surface area (Å²) >= 11 is 5.85. The van der Waals surface area contributed by atoms with Crippen molar-refractivity contribution in [3.05, 3.63) is 23.4 Å². The molecule has 2 saturated carbocycles. The van der Waals surface area contributed by atoms with E-state index in [2.05, 4.69) is 25.8 Å². The Kier molecular flexibility index (Phi) is 2.64. The highest BCUT2D eigenvalue weighted by Crippen LogP contribution is 2.66. The Balaban J connectivity index is 1.81. The van der Waals surface area contributed by atoms with Gasteiger partial charge < -0.3 is 4.74 Å². The summed E-state index contributed by atoms with van der Waals surface area (Å²) in [6, 6.07) is 3.70. The van der Waals surface area contributed by atoms with Crippen molar-refractivity contribution in [1.29, 1.82) is 0 Å². The monoisotopic (exact) mass is 265 g/mol. The first kappa shape index (κ1) is 12.3. The van der Waals surface area contributed by atoms with Crippen LogP contribution in [0.25, 0.3) is 0 Å². The molecule has 0 aliphatic heterocycles. The second kappa shape index (κ2) is 3.86. The fourth-order valence-electron chi connectivity index (χ4n) is 3.89. The topological polar surface area (TPSA) is 22.1 Å². The summed E-state index contributed by atoms with van der Waals surface area (Å²) in [7, 11) is 0. The van der Waals surface area contributed by atoms with Gasteiger partial charge in [0.2, 0.25) is 5.88 Å². The Bertz CT molecular complexity index is 456. The SMILES string of the molecule is CC1(C)C2CCC1(C)C(Oc1ccc(Cl)cn1)C2. The smallest absolute Gasteiger partial charge is 0.213 e. The number of halogens is 1. The maximum atomic E-state index is 6.13. The number of ether oxygens (including phenoxy) is 1. The fourth-order valence-corrected chi connectivity index (χ4v) is 4.00. The minimum absolute atomic E-state index is 0.277. The summed E-state index contributed by atoms with van der Waals surface area (Å²) in [5.74, 6) is 1.49. The number of hydrogen-bond donors (Lipinski definition) is 0. The lowest BCUT2D eigenvalue weighted by atomic mass is 9.70. The van der Waals surface area contributed by atoms with Crippen molar-refractivity contribution in [2.75, 3.05) is 0 Å². The van der Waals surface area contributed by atoms with Crippen LogP contribution in [0.1, 0.15) is 40.0 Å². The van der Waals surface area contributed by atoms with E-state index < -0.39 is 0 Å². The van der Waals surface area contributed by atoms with Gasteiger partial charge in [-0.15, -0.1) is 0 Å². The molecular weight excluding hydrogens is 246 g/mol. The highest BCUT2D eigenvalue weighted by Gasteiger charge is 2.62. The highest BCUT2D eigenvalue weighted by atomic mass is 35.5. The first-order valence-corrected chi connectivity index (χ1v) is 7.09. The molecule has 98 valence electrons. The Labute approximate surface area is 114 Å². The molecular formula is C15H20ClNO. The zero-order chi connectivity index (χ0) is 13.0. The first-order valence-electron chi connectivity index (χ1n) is 6.72. The van der Waals surface area contributed by atoms with Crippen LogP contribution in [0.2, 0.25) is 5.02 Å². The lowest BCUT2D eigenvalue weighted by molar-refractivity contribution is 0.0273. The second-order valence-corrected chi connectivity index (χ2v) is 6.97. The molecule has 0 aromatic carbocycles. The quantitative estimate of drug-likeness (QED) is 0.794. The Morgan fingerprint density at radius 2 is 2.11 bits per heavy atom. The molecule has 1 heterocycles. The van der Waals surface area contributed by atoms with Gasteiger partial charge in [0.1, 0.15) is 6.10 Å². The van der Waals surface area contributed by atoms with Gasteiger partial charge in [-0.1, -0.05) is 32.4 Å². The van der Waals surface area contributed by atoms with Gasteiger partial charge in [-0.2, -0.15) is 0 Å². The van der Waals surface area contributed by atoms with Crippen molar-refractivity contribution in [2.24, 2.45) is 16.7 Å². The number of fused-ring (bicyclic) bond motifs is 2. The van der Waals surface area contributed by atoms with Crippen molar-refractivity contribution in [2.45, 2.75) is 46.1 Å². The van der Waals surface area contributed by atoms with Crippen LogP contribution >= 0.6 is 11.6 Å². The number of rotatable bonds is 2. The molecule has 3 atom stereocenters. The molecule has 0 radical (unpaired) electrons. The Hall–Kier alpha value is -0.760. The molecule has 1 aromatic rings. The molecule has 2 aliphatic carbocycles. The third-order valence-corrected chi connectivity index (χ3v) is 5.90. The molecule has 3 heteroatoms. The van der Waals surface area contributed by atoms with Gasteiger partial charge in [-0.25, -0.2) is 4.98 Å². The molecule has 18 heavy (non-hydrogen) atoms. The molecule has 0 amide bonds. The van der Waals surface area contributed by atoms with Crippen LogP contribution in [-0.4, -0.2) is 11.1 Å². The number of aromatic nitrogens is 1. The van der Waals surface area contributed by atoms with E-state index in [9.17, 15) is 0 Å². The highest BCUT2D eigenvalue weighted by molar-refractivity contribution is 6.30. The van der Waals surface area contributed by atoms with E-state index in [1.54, 1.807) is 6.20 Å². The lowest BCUT2D eigenvalue weighted by Gasteiger charge is -2.38. The third-order valence-electron chi connectivity index (χ3n) is 5.68. The Morgan fingerprint density at radius 1 is 1.33 bits per heavy atom. The summed E-state index contributed by atoms with van der Waals surface area (Å²) in [6.07, 6.45) is 5.71. The van der Waals surface area contributed by atoms with Crippen LogP contribution in [0, 0.1) is 16.7 Å². The van der Waals surface area contributed by atoms with E-state index in [0.717, 1.165) is 12.3 Å². The Morgan fingerprint density at radius 3 is 2.61 bits per heavy atom. The first-order chi connectivity index (χ1) is 8.43. The standard InChI is InChI=1S/C15H20ClNO/c1-14(2)10-6-7-15(14,3)12(8-10)18-13-5-4-11(16)9-17-13/h4-5,9-10,12H,6-8H2,1-3H3. The molecule has 0 saturated heterocycles. The average molecular weight is 266 g/mol. The van der Waals surface area contributed by atoms with E-state index in [4.69, 9.17) is 16.3 Å². The van der Waals surface area contributed by atoms with Crippen molar-refractivity contribution in [3.8, 4) is 5.88 Å². The molecule has 2 aliphatic rings. The summed E-state index contributed by atoms with van der Waals surface area (Å²) in [5, 5.41) is 0.654.